The summed E-state index contributed by atoms with van der Waals surface area (Å²) >= 11 is 1.76. The lowest BCUT2D eigenvalue weighted by Gasteiger charge is -2.23. The summed E-state index contributed by atoms with van der Waals surface area (Å²) in [7, 11) is 0. The van der Waals surface area contributed by atoms with Crippen LogP contribution in [0, 0.1) is 5.92 Å². The zero-order valence-electron chi connectivity index (χ0n) is 9.99. The number of aromatic nitrogens is 1. The van der Waals surface area contributed by atoms with Gasteiger partial charge >= 0.3 is 0 Å². The first-order chi connectivity index (χ1) is 7.27. The van der Waals surface area contributed by atoms with Gasteiger partial charge < -0.3 is 5.32 Å². The van der Waals surface area contributed by atoms with Crippen LogP contribution in [0.25, 0.3) is 0 Å². The third-order valence-electron chi connectivity index (χ3n) is 2.78. The Labute approximate surface area is 97.1 Å². The van der Waals surface area contributed by atoms with Gasteiger partial charge in [-0.15, -0.1) is 11.3 Å². The van der Waals surface area contributed by atoms with Gasteiger partial charge in [0.25, 0.3) is 0 Å². The second-order valence-corrected chi connectivity index (χ2v) is 5.04. The van der Waals surface area contributed by atoms with Crippen LogP contribution in [0.5, 0.6) is 0 Å². The molecule has 1 heterocycles. The fourth-order valence-electron chi connectivity index (χ4n) is 1.94. The van der Waals surface area contributed by atoms with Gasteiger partial charge in [-0.25, -0.2) is 4.98 Å². The van der Waals surface area contributed by atoms with E-state index >= 15 is 0 Å². The molecule has 1 aromatic heterocycles. The highest BCUT2D eigenvalue weighted by Crippen LogP contribution is 2.16. The van der Waals surface area contributed by atoms with E-state index in [2.05, 4.69) is 36.5 Å². The van der Waals surface area contributed by atoms with Crippen molar-refractivity contribution in [3.05, 3.63) is 16.6 Å². The Bertz CT molecular complexity index is 246. The minimum absolute atomic E-state index is 0.584. The maximum absolute atomic E-state index is 4.36. The molecule has 0 fully saturated rings. The molecule has 0 saturated heterocycles. The molecule has 0 aliphatic carbocycles. The van der Waals surface area contributed by atoms with Crippen molar-refractivity contribution in [2.45, 2.75) is 46.1 Å². The quantitative estimate of drug-likeness (QED) is 0.773. The second-order valence-electron chi connectivity index (χ2n) is 4.06. The molecule has 0 spiro atoms. The number of rotatable bonds is 7. The van der Waals surface area contributed by atoms with E-state index in [9.17, 15) is 0 Å². The molecule has 1 rings (SSSR count). The van der Waals surface area contributed by atoms with Gasteiger partial charge in [-0.2, -0.15) is 0 Å². The van der Waals surface area contributed by atoms with E-state index in [0.717, 1.165) is 18.9 Å². The second kappa shape index (κ2) is 6.96. The highest BCUT2D eigenvalue weighted by Gasteiger charge is 2.16. The predicted molar refractivity (Wildman–Crippen MR) is 67.4 cm³/mol. The lowest BCUT2D eigenvalue weighted by molar-refractivity contribution is 0.357. The fourth-order valence-corrected chi connectivity index (χ4v) is 2.61. The summed E-state index contributed by atoms with van der Waals surface area (Å²) < 4.78 is 0. The summed E-state index contributed by atoms with van der Waals surface area (Å²) in [6.45, 7) is 7.81. The average Bonchev–Trinajstić information content (AvgIpc) is 2.70. The zero-order valence-corrected chi connectivity index (χ0v) is 10.8. The third kappa shape index (κ3) is 4.31. The maximum atomic E-state index is 4.36. The SMILES string of the molecule is CCCC(C)C(Cc1nccs1)NCC. The molecule has 0 amide bonds. The summed E-state index contributed by atoms with van der Waals surface area (Å²) in [4.78, 5) is 4.36. The first-order valence-electron chi connectivity index (χ1n) is 5.89. The molecule has 3 heteroatoms. The number of nitrogens with zero attached hydrogens (tertiary/aromatic N) is 1. The van der Waals surface area contributed by atoms with Gasteiger partial charge in [0.1, 0.15) is 0 Å². The van der Waals surface area contributed by atoms with Crippen LogP contribution < -0.4 is 5.32 Å². The van der Waals surface area contributed by atoms with Crippen LogP contribution >= 0.6 is 11.3 Å². The van der Waals surface area contributed by atoms with Crippen molar-refractivity contribution in [3.63, 3.8) is 0 Å². The maximum Gasteiger partial charge on any atom is 0.0940 e. The summed E-state index contributed by atoms with van der Waals surface area (Å²) in [5.41, 5.74) is 0. The molecule has 15 heavy (non-hydrogen) atoms. The van der Waals surface area contributed by atoms with Crippen LogP contribution in [0.15, 0.2) is 11.6 Å². The van der Waals surface area contributed by atoms with Gasteiger partial charge in [-0.05, 0) is 18.9 Å². The Hall–Kier alpha value is -0.410. The molecule has 86 valence electrons. The lowest BCUT2D eigenvalue weighted by atomic mass is 9.94. The van der Waals surface area contributed by atoms with Gasteiger partial charge in [0.2, 0.25) is 0 Å². The fraction of sp³-hybridized carbons (Fsp3) is 0.750. The van der Waals surface area contributed by atoms with Crippen molar-refractivity contribution in [1.29, 1.82) is 0 Å². The highest BCUT2D eigenvalue weighted by molar-refractivity contribution is 7.09. The molecule has 0 aliphatic heterocycles. The zero-order chi connectivity index (χ0) is 11.1. The molecule has 2 unspecified atom stereocenters. The molecule has 0 aromatic carbocycles. The van der Waals surface area contributed by atoms with Crippen LogP contribution in [0.2, 0.25) is 0 Å². The summed E-state index contributed by atoms with van der Waals surface area (Å²) in [6.07, 6.45) is 5.53. The van der Waals surface area contributed by atoms with E-state index in [0.29, 0.717) is 6.04 Å². The summed E-state index contributed by atoms with van der Waals surface area (Å²) in [5, 5.41) is 6.88. The summed E-state index contributed by atoms with van der Waals surface area (Å²) in [6, 6.07) is 0.584. The van der Waals surface area contributed by atoms with E-state index in [4.69, 9.17) is 0 Å². The van der Waals surface area contributed by atoms with Gasteiger partial charge in [0, 0.05) is 24.0 Å². The minimum atomic E-state index is 0.584. The molecule has 1 N–H and O–H groups in total. The van der Waals surface area contributed by atoms with Crippen LogP contribution in [-0.4, -0.2) is 17.6 Å². The van der Waals surface area contributed by atoms with Crippen LogP contribution in [0.3, 0.4) is 0 Å². The first-order valence-corrected chi connectivity index (χ1v) is 6.77. The van der Waals surface area contributed by atoms with Crippen molar-refractivity contribution < 1.29 is 0 Å². The van der Waals surface area contributed by atoms with Crippen molar-refractivity contribution in [2.24, 2.45) is 5.92 Å². The van der Waals surface area contributed by atoms with E-state index < -0.39 is 0 Å². The van der Waals surface area contributed by atoms with Crippen molar-refractivity contribution >= 4 is 11.3 Å². The Kier molecular flexibility index (Phi) is 5.88. The first kappa shape index (κ1) is 12.7. The average molecular weight is 226 g/mol. The Balaban J connectivity index is 2.49. The smallest absolute Gasteiger partial charge is 0.0940 e. The third-order valence-corrected chi connectivity index (χ3v) is 3.58. The monoisotopic (exact) mass is 226 g/mol. The lowest BCUT2D eigenvalue weighted by Crippen LogP contribution is -2.36. The van der Waals surface area contributed by atoms with E-state index in [-0.39, 0.29) is 0 Å². The minimum Gasteiger partial charge on any atom is -0.314 e. The Morgan fingerprint density at radius 3 is 2.80 bits per heavy atom. The van der Waals surface area contributed by atoms with E-state index in [1.165, 1.54) is 17.8 Å². The van der Waals surface area contributed by atoms with Crippen molar-refractivity contribution in [1.82, 2.24) is 10.3 Å². The molecule has 0 radical (unpaired) electrons. The Morgan fingerprint density at radius 1 is 1.47 bits per heavy atom. The highest BCUT2D eigenvalue weighted by atomic mass is 32.1. The van der Waals surface area contributed by atoms with E-state index in [1.54, 1.807) is 11.3 Å². The number of hydrogen-bond acceptors (Lipinski definition) is 3. The van der Waals surface area contributed by atoms with Gasteiger partial charge in [-0.3, -0.25) is 0 Å². The summed E-state index contributed by atoms with van der Waals surface area (Å²) in [5.74, 6) is 0.735. The Morgan fingerprint density at radius 2 is 2.27 bits per heavy atom. The molecular weight excluding hydrogens is 204 g/mol. The molecule has 0 saturated carbocycles. The van der Waals surface area contributed by atoms with Gasteiger partial charge in [0.05, 0.1) is 5.01 Å². The molecule has 2 atom stereocenters. The van der Waals surface area contributed by atoms with Crippen molar-refractivity contribution in [2.75, 3.05) is 6.54 Å². The largest absolute Gasteiger partial charge is 0.314 e. The molecule has 0 aliphatic rings. The van der Waals surface area contributed by atoms with Crippen LogP contribution in [0.1, 0.15) is 38.6 Å². The molecule has 1 aromatic rings. The van der Waals surface area contributed by atoms with Crippen molar-refractivity contribution in [3.8, 4) is 0 Å². The molecule has 0 bridgehead atoms. The predicted octanol–water partition coefficient (Wildman–Crippen LogP) is 3.10. The van der Waals surface area contributed by atoms with Gasteiger partial charge in [-0.1, -0.05) is 27.2 Å². The molecule has 2 nitrogen and oxygen atoms in total. The number of likely N-dealkylation sites (N-methyl/N-ethyl adjacent to an activating group) is 1. The van der Waals surface area contributed by atoms with Gasteiger partial charge in [0.15, 0.2) is 0 Å². The van der Waals surface area contributed by atoms with Crippen LogP contribution in [-0.2, 0) is 6.42 Å². The van der Waals surface area contributed by atoms with Crippen LogP contribution in [0.4, 0.5) is 0 Å². The molecular formula is C12H22N2S. The normalized spacial score (nSPS) is 15.1. The number of nitrogens with one attached hydrogen (secondary N) is 1. The standard InChI is InChI=1S/C12H22N2S/c1-4-6-10(3)11(13-5-2)9-12-14-7-8-15-12/h7-8,10-11,13H,4-6,9H2,1-3H3. The number of thiazole rings is 1. The number of hydrogen-bond donors (Lipinski definition) is 1. The van der Waals surface area contributed by atoms with E-state index in [1.807, 2.05) is 6.20 Å². The topological polar surface area (TPSA) is 24.9 Å².